The number of benzene rings is 3. The zero-order valence-electron chi connectivity index (χ0n) is 19.3. The number of amides is 4. The third kappa shape index (κ3) is 6.26. The zero-order chi connectivity index (χ0) is 25.4. The van der Waals surface area contributed by atoms with Crippen LogP contribution in [0.2, 0.25) is 0 Å². The molecule has 3 rings (SSSR count). The van der Waals surface area contributed by atoms with Crippen LogP contribution in [0.4, 0.5) is 20.6 Å². The fraction of sp³-hybridized carbons (Fsp3) is 0.160. The fourth-order valence-corrected chi connectivity index (χ4v) is 3.17. The molecule has 4 amide bonds. The lowest BCUT2D eigenvalue weighted by Crippen LogP contribution is -2.34. The molecule has 0 fully saturated rings. The highest BCUT2D eigenvalue weighted by Crippen LogP contribution is 2.38. The van der Waals surface area contributed by atoms with Crippen LogP contribution in [-0.4, -0.2) is 39.2 Å². The van der Waals surface area contributed by atoms with Gasteiger partial charge in [-0.2, -0.15) is 0 Å². The second-order valence-electron chi connectivity index (χ2n) is 7.19. The van der Waals surface area contributed by atoms with E-state index in [2.05, 4.69) is 16.0 Å². The highest BCUT2D eigenvalue weighted by Gasteiger charge is 2.18. The number of hydrogen-bond donors (Lipinski definition) is 3. The lowest BCUT2D eigenvalue weighted by Gasteiger charge is -2.14. The topological polar surface area (TPSA) is 115 Å². The molecule has 0 aromatic heterocycles. The van der Waals surface area contributed by atoms with Crippen molar-refractivity contribution in [2.75, 3.05) is 32.0 Å². The summed E-state index contributed by atoms with van der Waals surface area (Å²) in [7, 11) is 4.26. The van der Waals surface area contributed by atoms with Crippen LogP contribution in [0, 0.1) is 0 Å². The van der Waals surface area contributed by atoms with E-state index in [1.807, 2.05) is 0 Å². The highest BCUT2D eigenvalue weighted by molar-refractivity contribution is 6.09. The van der Waals surface area contributed by atoms with Crippen LogP contribution in [0.1, 0.15) is 26.3 Å². The minimum Gasteiger partial charge on any atom is -0.493 e. The first-order chi connectivity index (χ1) is 16.9. The summed E-state index contributed by atoms with van der Waals surface area (Å²) in [6, 6.07) is 14.5. The van der Waals surface area contributed by atoms with Crippen LogP contribution in [0.3, 0.4) is 0 Å². The maximum atomic E-state index is 12.7. The molecule has 0 saturated carbocycles. The normalized spacial score (nSPS) is 10.2. The molecule has 0 atom stereocenters. The molecule has 0 unspecified atom stereocenters. The molecule has 0 radical (unpaired) electrons. The van der Waals surface area contributed by atoms with Crippen molar-refractivity contribution in [3.63, 3.8) is 0 Å². The van der Waals surface area contributed by atoms with E-state index in [-0.39, 0.29) is 17.1 Å². The van der Waals surface area contributed by atoms with Gasteiger partial charge in [0.1, 0.15) is 6.67 Å². The van der Waals surface area contributed by atoms with Crippen molar-refractivity contribution in [2.45, 2.75) is 6.67 Å². The molecule has 0 spiro atoms. The second kappa shape index (κ2) is 11.5. The highest BCUT2D eigenvalue weighted by atomic mass is 19.1. The number of alkyl halides is 1. The number of imide groups is 1. The summed E-state index contributed by atoms with van der Waals surface area (Å²) in [6.45, 7) is -0.611. The van der Waals surface area contributed by atoms with Gasteiger partial charge in [-0.05, 0) is 48.0 Å². The summed E-state index contributed by atoms with van der Waals surface area (Å²) >= 11 is 0. The molecule has 0 bridgehead atoms. The van der Waals surface area contributed by atoms with Crippen molar-refractivity contribution < 1.29 is 33.0 Å². The van der Waals surface area contributed by atoms with Gasteiger partial charge in [0.25, 0.3) is 11.8 Å². The largest absolute Gasteiger partial charge is 0.493 e. The molecule has 3 N–H and O–H groups in total. The smallest absolute Gasteiger partial charge is 0.326 e. The Morgan fingerprint density at radius 2 is 1.34 bits per heavy atom. The summed E-state index contributed by atoms with van der Waals surface area (Å²) in [5.41, 5.74) is 1.70. The number of hydrogen-bond acceptors (Lipinski definition) is 6. The Balaban J connectivity index is 1.66. The van der Waals surface area contributed by atoms with Crippen molar-refractivity contribution in [2.24, 2.45) is 0 Å². The lowest BCUT2D eigenvalue weighted by atomic mass is 10.1. The quantitative estimate of drug-likeness (QED) is 0.440. The molecule has 3 aromatic carbocycles. The number of halogens is 1. The number of methoxy groups -OCH3 is 3. The predicted molar refractivity (Wildman–Crippen MR) is 128 cm³/mol. The first-order valence-electron chi connectivity index (χ1n) is 10.4. The first-order valence-corrected chi connectivity index (χ1v) is 10.4. The first kappa shape index (κ1) is 25.0. The molecule has 9 nitrogen and oxygen atoms in total. The molecular formula is C25H24FN3O6. The Labute approximate surface area is 201 Å². The molecule has 0 saturated heterocycles. The van der Waals surface area contributed by atoms with Gasteiger partial charge in [0, 0.05) is 22.5 Å². The molecular weight excluding hydrogens is 457 g/mol. The molecule has 10 heteroatoms. The van der Waals surface area contributed by atoms with Crippen LogP contribution in [0.15, 0.2) is 60.7 Å². The van der Waals surface area contributed by atoms with Gasteiger partial charge in [-0.3, -0.25) is 14.9 Å². The Kier molecular flexibility index (Phi) is 8.23. The number of rotatable bonds is 8. The number of anilines is 2. The molecule has 3 aromatic rings. The summed E-state index contributed by atoms with van der Waals surface area (Å²) in [5.74, 6) is -0.244. The fourth-order valence-electron chi connectivity index (χ4n) is 3.17. The van der Waals surface area contributed by atoms with E-state index in [1.54, 1.807) is 18.2 Å². The number of ether oxygens (including phenoxy) is 3. The van der Waals surface area contributed by atoms with E-state index < -0.39 is 24.5 Å². The van der Waals surface area contributed by atoms with Crippen molar-refractivity contribution >= 4 is 29.2 Å². The Hall–Kier alpha value is -4.60. The summed E-state index contributed by atoms with van der Waals surface area (Å²) < 4.78 is 28.3. The van der Waals surface area contributed by atoms with Gasteiger partial charge < -0.3 is 24.8 Å². The van der Waals surface area contributed by atoms with Gasteiger partial charge in [-0.1, -0.05) is 18.2 Å². The summed E-state index contributed by atoms with van der Waals surface area (Å²) in [4.78, 5) is 37.4. The van der Waals surface area contributed by atoms with Gasteiger partial charge in [-0.15, -0.1) is 0 Å². The van der Waals surface area contributed by atoms with E-state index in [0.29, 0.717) is 28.3 Å². The van der Waals surface area contributed by atoms with E-state index in [9.17, 15) is 18.8 Å². The van der Waals surface area contributed by atoms with E-state index in [0.717, 1.165) is 0 Å². The van der Waals surface area contributed by atoms with Crippen LogP contribution in [-0.2, 0) is 6.67 Å². The number of carbonyl (C=O) groups is 3. The average Bonchev–Trinajstić information content (AvgIpc) is 2.87. The third-order valence-corrected chi connectivity index (χ3v) is 4.90. The van der Waals surface area contributed by atoms with Crippen LogP contribution in [0.5, 0.6) is 17.2 Å². The van der Waals surface area contributed by atoms with Gasteiger partial charge in [-0.25, -0.2) is 9.18 Å². The third-order valence-electron chi connectivity index (χ3n) is 4.90. The minimum absolute atomic E-state index is 0.120. The van der Waals surface area contributed by atoms with Crippen molar-refractivity contribution in [1.82, 2.24) is 5.32 Å². The van der Waals surface area contributed by atoms with Crippen molar-refractivity contribution in [3.8, 4) is 17.2 Å². The molecule has 0 aliphatic carbocycles. The zero-order valence-corrected chi connectivity index (χ0v) is 19.3. The van der Waals surface area contributed by atoms with Crippen molar-refractivity contribution in [3.05, 3.63) is 77.4 Å². The lowest BCUT2D eigenvalue weighted by molar-refractivity contribution is 0.0965. The molecule has 182 valence electrons. The average molecular weight is 481 g/mol. The SMILES string of the molecule is COc1cc(C(=O)NC(=O)Nc2cccc(NC(=O)c3ccc(CF)cc3)c2)cc(OC)c1OC. The summed E-state index contributed by atoms with van der Waals surface area (Å²) in [6.07, 6.45) is 0. The maximum Gasteiger partial charge on any atom is 0.326 e. The van der Waals surface area contributed by atoms with Gasteiger partial charge in [0.05, 0.1) is 21.3 Å². The van der Waals surface area contributed by atoms with Crippen LogP contribution in [0.25, 0.3) is 0 Å². The van der Waals surface area contributed by atoms with E-state index in [4.69, 9.17) is 14.2 Å². The monoisotopic (exact) mass is 481 g/mol. The standard InChI is InChI=1S/C25H24FN3O6/c1-33-20-11-17(12-21(34-2)22(20)35-3)24(31)29-25(32)28-19-6-4-5-18(13-19)27-23(30)16-9-7-15(14-26)8-10-16/h4-13H,14H2,1-3H3,(H,27,30)(H2,28,29,31,32). The molecule has 35 heavy (non-hydrogen) atoms. The molecule has 0 heterocycles. The Morgan fingerprint density at radius 3 is 1.89 bits per heavy atom. The van der Waals surface area contributed by atoms with Crippen LogP contribution >= 0.6 is 0 Å². The van der Waals surface area contributed by atoms with E-state index >= 15 is 0 Å². The second-order valence-corrected chi connectivity index (χ2v) is 7.19. The van der Waals surface area contributed by atoms with Gasteiger partial charge in [0.2, 0.25) is 5.75 Å². The molecule has 0 aliphatic rings. The van der Waals surface area contributed by atoms with Gasteiger partial charge >= 0.3 is 6.03 Å². The van der Waals surface area contributed by atoms with Crippen molar-refractivity contribution in [1.29, 1.82) is 0 Å². The summed E-state index contributed by atoms with van der Waals surface area (Å²) in [5, 5.41) is 7.46. The predicted octanol–water partition coefficient (Wildman–Crippen LogP) is 4.40. The maximum absolute atomic E-state index is 12.7. The Bertz CT molecular complexity index is 1210. The van der Waals surface area contributed by atoms with Crippen LogP contribution < -0.4 is 30.2 Å². The Morgan fingerprint density at radius 1 is 0.743 bits per heavy atom. The molecule has 0 aliphatic heterocycles. The number of urea groups is 1. The number of nitrogens with one attached hydrogen (secondary N) is 3. The number of carbonyl (C=O) groups excluding carboxylic acids is 3. The van der Waals surface area contributed by atoms with E-state index in [1.165, 1.54) is 63.8 Å². The minimum atomic E-state index is -0.783. The van der Waals surface area contributed by atoms with Gasteiger partial charge in [0.15, 0.2) is 11.5 Å².